The van der Waals surface area contributed by atoms with Crippen molar-refractivity contribution < 1.29 is 0 Å². The summed E-state index contributed by atoms with van der Waals surface area (Å²) in [4.78, 5) is 0. The highest BCUT2D eigenvalue weighted by Crippen LogP contribution is 2.12. The quantitative estimate of drug-likeness (QED) is 0.729. The van der Waals surface area contributed by atoms with E-state index in [1.165, 1.54) is 19.3 Å². The smallest absolute Gasteiger partial charge is 0.0814 e. The van der Waals surface area contributed by atoms with E-state index in [9.17, 15) is 0 Å². The molecule has 0 atom stereocenters. The molecule has 0 aliphatic rings. The first-order valence-corrected chi connectivity index (χ1v) is 6.02. The van der Waals surface area contributed by atoms with Gasteiger partial charge in [0.25, 0.3) is 0 Å². The number of halogens is 1. The Hall–Kier alpha value is -0.540. The van der Waals surface area contributed by atoms with E-state index in [1.807, 2.05) is 17.8 Å². The highest BCUT2D eigenvalue weighted by Gasteiger charge is 2.00. The lowest BCUT2D eigenvalue weighted by Gasteiger charge is -2.02. The molecule has 1 rings (SSSR count). The van der Waals surface area contributed by atoms with Crippen molar-refractivity contribution >= 4 is 11.6 Å². The molecule has 1 heterocycles. The van der Waals surface area contributed by atoms with Gasteiger partial charge in [-0.3, -0.25) is 4.68 Å². The van der Waals surface area contributed by atoms with Crippen LogP contribution in [0.25, 0.3) is 0 Å². The van der Waals surface area contributed by atoms with Crippen molar-refractivity contribution in [1.29, 1.82) is 0 Å². The van der Waals surface area contributed by atoms with Gasteiger partial charge in [0.2, 0.25) is 0 Å². The van der Waals surface area contributed by atoms with Crippen LogP contribution >= 0.6 is 11.6 Å². The van der Waals surface area contributed by atoms with Gasteiger partial charge in [0, 0.05) is 12.7 Å². The minimum atomic E-state index is 0.766. The number of hydrogen-bond acceptors (Lipinski definition) is 2. The normalized spacial score (nSPS) is 10.9. The molecule has 0 aliphatic heterocycles. The first kappa shape index (κ1) is 12.5. The highest BCUT2D eigenvalue weighted by molar-refractivity contribution is 6.31. The van der Waals surface area contributed by atoms with Crippen molar-refractivity contribution in [3.8, 4) is 0 Å². The van der Waals surface area contributed by atoms with E-state index in [4.69, 9.17) is 11.6 Å². The lowest BCUT2D eigenvalue weighted by atomic mass is 10.2. The molecule has 1 aromatic rings. The van der Waals surface area contributed by atoms with E-state index in [0.29, 0.717) is 0 Å². The largest absolute Gasteiger partial charge is 0.317 e. The van der Waals surface area contributed by atoms with E-state index < -0.39 is 0 Å². The Balaban J connectivity index is 2.10. The summed E-state index contributed by atoms with van der Waals surface area (Å²) in [7, 11) is 0. The molecule has 3 nitrogen and oxygen atoms in total. The molecule has 4 heteroatoms. The predicted molar refractivity (Wildman–Crippen MR) is 64.4 cm³/mol. The summed E-state index contributed by atoms with van der Waals surface area (Å²) < 4.78 is 1.94. The summed E-state index contributed by atoms with van der Waals surface area (Å²) in [6.45, 7) is 7.22. The maximum atomic E-state index is 5.92. The molecule has 0 unspecified atom stereocenters. The maximum Gasteiger partial charge on any atom is 0.0814 e. The Morgan fingerprint density at radius 3 is 2.80 bits per heavy atom. The van der Waals surface area contributed by atoms with Crippen LogP contribution in [-0.2, 0) is 6.54 Å². The van der Waals surface area contributed by atoms with E-state index in [2.05, 4.69) is 17.3 Å². The summed E-state index contributed by atoms with van der Waals surface area (Å²) in [5.41, 5.74) is 0.921. The van der Waals surface area contributed by atoms with Crippen molar-refractivity contribution in [2.75, 3.05) is 13.1 Å². The fourth-order valence-electron chi connectivity index (χ4n) is 1.49. The van der Waals surface area contributed by atoms with Gasteiger partial charge in [-0.1, -0.05) is 24.9 Å². The number of hydrogen-bond donors (Lipinski definition) is 1. The minimum absolute atomic E-state index is 0.766. The first-order valence-electron chi connectivity index (χ1n) is 5.64. The molecule has 0 fully saturated rings. The SMILES string of the molecule is CCNCCCCCn1cc(Cl)c(C)n1. The minimum Gasteiger partial charge on any atom is -0.317 e. The van der Waals surface area contributed by atoms with E-state index in [-0.39, 0.29) is 0 Å². The lowest BCUT2D eigenvalue weighted by molar-refractivity contribution is 0.530. The molecule has 1 aromatic heterocycles. The van der Waals surface area contributed by atoms with Gasteiger partial charge in [-0.25, -0.2) is 0 Å². The van der Waals surface area contributed by atoms with Gasteiger partial charge in [0.05, 0.1) is 10.7 Å². The number of aryl methyl sites for hydroxylation is 2. The molecular weight excluding hydrogens is 210 g/mol. The van der Waals surface area contributed by atoms with Crippen LogP contribution in [-0.4, -0.2) is 22.9 Å². The van der Waals surface area contributed by atoms with Gasteiger partial charge in [-0.2, -0.15) is 5.10 Å². The Morgan fingerprint density at radius 2 is 2.20 bits per heavy atom. The van der Waals surface area contributed by atoms with Crippen molar-refractivity contribution in [3.63, 3.8) is 0 Å². The molecule has 15 heavy (non-hydrogen) atoms. The number of aromatic nitrogens is 2. The third kappa shape index (κ3) is 4.67. The third-order valence-corrected chi connectivity index (χ3v) is 2.75. The van der Waals surface area contributed by atoms with E-state index in [0.717, 1.165) is 30.4 Å². The van der Waals surface area contributed by atoms with Crippen molar-refractivity contribution in [2.24, 2.45) is 0 Å². The van der Waals surface area contributed by atoms with Crippen LogP contribution in [0, 0.1) is 6.92 Å². The number of nitrogens with zero attached hydrogens (tertiary/aromatic N) is 2. The monoisotopic (exact) mass is 229 g/mol. The summed E-state index contributed by atoms with van der Waals surface area (Å²) in [5.74, 6) is 0. The Labute approximate surface area is 96.8 Å². The van der Waals surface area contributed by atoms with E-state index >= 15 is 0 Å². The van der Waals surface area contributed by atoms with Crippen LogP contribution < -0.4 is 5.32 Å². The topological polar surface area (TPSA) is 29.9 Å². The Kier molecular flexibility index (Phi) is 5.73. The maximum absolute atomic E-state index is 5.92. The highest BCUT2D eigenvalue weighted by atomic mass is 35.5. The van der Waals surface area contributed by atoms with Gasteiger partial charge in [0.1, 0.15) is 0 Å². The molecule has 86 valence electrons. The summed E-state index contributed by atoms with van der Waals surface area (Å²) in [6, 6.07) is 0. The fourth-order valence-corrected chi connectivity index (χ4v) is 1.64. The van der Waals surface area contributed by atoms with Gasteiger partial charge in [-0.15, -0.1) is 0 Å². The standard InChI is InChI=1S/C11H20ClN3/c1-3-13-7-5-4-6-8-15-9-11(12)10(2)14-15/h9,13H,3-8H2,1-2H3. The van der Waals surface area contributed by atoms with Crippen molar-refractivity contribution in [3.05, 3.63) is 16.9 Å². The Bertz CT molecular complexity index is 264. The summed E-state index contributed by atoms with van der Waals surface area (Å²) in [6.07, 6.45) is 5.55. The number of rotatable bonds is 7. The first-order chi connectivity index (χ1) is 7.24. The number of unbranched alkanes of at least 4 members (excludes halogenated alkanes) is 2. The molecule has 0 spiro atoms. The molecule has 1 N–H and O–H groups in total. The second kappa shape index (κ2) is 6.85. The molecule has 0 radical (unpaired) electrons. The zero-order valence-electron chi connectivity index (χ0n) is 9.59. The zero-order valence-corrected chi connectivity index (χ0v) is 10.3. The van der Waals surface area contributed by atoms with Crippen LogP contribution in [0.4, 0.5) is 0 Å². The van der Waals surface area contributed by atoms with Crippen LogP contribution in [0.2, 0.25) is 5.02 Å². The van der Waals surface area contributed by atoms with Crippen molar-refractivity contribution in [1.82, 2.24) is 15.1 Å². The molecule has 0 bridgehead atoms. The molecule has 0 saturated heterocycles. The molecule has 0 amide bonds. The lowest BCUT2D eigenvalue weighted by Crippen LogP contribution is -2.13. The van der Waals surface area contributed by atoms with Gasteiger partial charge >= 0.3 is 0 Å². The number of nitrogens with one attached hydrogen (secondary N) is 1. The molecule has 0 saturated carbocycles. The summed E-state index contributed by atoms with van der Waals surface area (Å²) >= 11 is 5.92. The zero-order chi connectivity index (χ0) is 11.1. The second-order valence-corrected chi connectivity index (χ2v) is 4.15. The average molecular weight is 230 g/mol. The fraction of sp³-hybridized carbons (Fsp3) is 0.727. The Morgan fingerprint density at radius 1 is 1.40 bits per heavy atom. The predicted octanol–water partition coefficient (Wildman–Crippen LogP) is 2.62. The van der Waals surface area contributed by atoms with Crippen LogP contribution in [0.3, 0.4) is 0 Å². The third-order valence-electron chi connectivity index (χ3n) is 2.38. The summed E-state index contributed by atoms with van der Waals surface area (Å²) in [5, 5.41) is 8.40. The van der Waals surface area contributed by atoms with Gasteiger partial charge < -0.3 is 5.32 Å². The van der Waals surface area contributed by atoms with Gasteiger partial charge in [0.15, 0.2) is 0 Å². The van der Waals surface area contributed by atoms with Crippen LogP contribution in [0.5, 0.6) is 0 Å². The van der Waals surface area contributed by atoms with Crippen LogP contribution in [0.15, 0.2) is 6.20 Å². The van der Waals surface area contributed by atoms with Crippen molar-refractivity contribution in [2.45, 2.75) is 39.7 Å². The second-order valence-electron chi connectivity index (χ2n) is 3.74. The molecule has 0 aromatic carbocycles. The molecule has 0 aliphatic carbocycles. The van der Waals surface area contributed by atoms with Gasteiger partial charge in [-0.05, 0) is 32.9 Å². The average Bonchev–Trinajstić information content (AvgIpc) is 2.52. The van der Waals surface area contributed by atoms with Crippen LogP contribution in [0.1, 0.15) is 31.9 Å². The molecular formula is C11H20ClN3. The van der Waals surface area contributed by atoms with E-state index in [1.54, 1.807) is 0 Å².